The molecule has 1 unspecified atom stereocenters. The zero-order valence-electron chi connectivity index (χ0n) is 13.3. The van der Waals surface area contributed by atoms with Gasteiger partial charge in [0, 0.05) is 13.2 Å². The minimum absolute atomic E-state index is 0.326. The smallest absolute Gasteiger partial charge is 0.162 e. The number of ether oxygens (including phenoxy) is 1. The van der Waals surface area contributed by atoms with Crippen molar-refractivity contribution in [3.63, 3.8) is 0 Å². The van der Waals surface area contributed by atoms with Crippen LogP contribution >= 0.6 is 22.6 Å². The first-order chi connectivity index (χ1) is 10.1. The Balaban J connectivity index is 2.37. The van der Waals surface area contributed by atoms with Crippen molar-refractivity contribution in [2.24, 2.45) is 0 Å². The zero-order chi connectivity index (χ0) is 15.3. The van der Waals surface area contributed by atoms with Crippen LogP contribution in [0.25, 0.3) is 0 Å². The molecule has 2 rings (SSSR count). The van der Waals surface area contributed by atoms with Crippen molar-refractivity contribution in [1.82, 2.24) is 9.97 Å². The molecule has 1 aromatic rings. The quantitative estimate of drug-likeness (QED) is 0.721. The predicted molar refractivity (Wildman–Crippen MR) is 94.7 cm³/mol. The molecule has 1 saturated heterocycles. The van der Waals surface area contributed by atoms with E-state index in [1.807, 2.05) is 0 Å². The van der Waals surface area contributed by atoms with E-state index in [4.69, 9.17) is 14.7 Å². The lowest BCUT2D eigenvalue weighted by Gasteiger charge is -2.33. The van der Waals surface area contributed by atoms with Crippen molar-refractivity contribution in [1.29, 1.82) is 0 Å². The summed E-state index contributed by atoms with van der Waals surface area (Å²) in [5.41, 5.74) is 0.824. The number of hydrogen-bond acceptors (Lipinski definition) is 4. The average Bonchev–Trinajstić information content (AvgIpc) is 2.49. The topological polar surface area (TPSA) is 47.0 Å². The van der Waals surface area contributed by atoms with Crippen molar-refractivity contribution >= 4 is 28.4 Å². The second-order valence-corrected chi connectivity index (χ2v) is 6.95. The lowest BCUT2D eigenvalue weighted by atomic mass is 9.95. The van der Waals surface area contributed by atoms with Gasteiger partial charge in [0.05, 0.1) is 9.26 Å². The third-order valence-corrected chi connectivity index (χ3v) is 5.02. The van der Waals surface area contributed by atoms with Gasteiger partial charge in [0.1, 0.15) is 11.4 Å². The van der Waals surface area contributed by atoms with Gasteiger partial charge in [-0.2, -0.15) is 0 Å². The van der Waals surface area contributed by atoms with Crippen molar-refractivity contribution in [2.75, 3.05) is 18.5 Å². The molecule has 0 radical (unpaired) electrons. The molecule has 5 heteroatoms. The largest absolute Gasteiger partial charge is 0.369 e. The van der Waals surface area contributed by atoms with Gasteiger partial charge in [0.2, 0.25) is 0 Å². The number of anilines is 1. The molecule has 118 valence electrons. The molecule has 1 aliphatic rings. The summed E-state index contributed by atoms with van der Waals surface area (Å²) in [5, 5.41) is 3.44. The van der Waals surface area contributed by atoms with Crippen LogP contribution in [0.2, 0.25) is 0 Å². The molecule has 0 saturated carbocycles. The molecule has 0 spiro atoms. The summed E-state index contributed by atoms with van der Waals surface area (Å²) >= 11 is 2.37. The highest BCUT2D eigenvalue weighted by Crippen LogP contribution is 2.34. The maximum absolute atomic E-state index is 6.03. The number of halogens is 1. The second kappa shape index (κ2) is 7.72. The minimum atomic E-state index is -0.326. The monoisotopic (exact) mass is 403 g/mol. The van der Waals surface area contributed by atoms with Crippen molar-refractivity contribution in [3.8, 4) is 0 Å². The van der Waals surface area contributed by atoms with Crippen LogP contribution in [0.5, 0.6) is 0 Å². The standard InChI is InChI=1S/C16H26IN3O/c1-4-8-12-13(17)14(18-10-5-2)20-15(19-12)16(3)9-6-7-11-21-16/h4-11H2,1-3H3,(H,18,19,20). The summed E-state index contributed by atoms with van der Waals surface area (Å²) in [7, 11) is 0. The van der Waals surface area contributed by atoms with Crippen LogP contribution in [0.1, 0.15) is 64.4 Å². The van der Waals surface area contributed by atoms with E-state index in [9.17, 15) is 0 Å². The number of hydrogen-bond donors (Lipinski definition) is 1. The Morgan fingerprint density at radius 1 is 1.24 bits per heavy atom. The Morgan fingerprint density at radius 2 is 2.05 bits per heavy atom. The summed E-state index contributed by atoms with van der Waals surface area (Å²) in [6, 6.07) is 0. The van der Waals surface area contributed by atoms with E-state index in [1.165, 1.54) is 6.42 Å². The highest BCUT2D eigenvalue weighted by molar-refractivity contribution is 14.1. The van der Waals surface area contributed by atoms with Gasteiger partial charge in [-0.15, -0.1) is 0 Å². The Morgan fingerprint density at radius 3 is 2.67 bits per heavy atom. The fourth-order valence-corrected chi connectivity index (χ4v) is 3.31. The molecule has 0 bridgehead atoms. The first-order valence-corrected chi connectivity index (χ1v) is 9.13. The van der Waals surface area contributed by atoms with Gasteiger partial charge >= 0.3 is 0 Å². The van der Waals surface area contributed by atoms with E-state index in [0.29, 0.717) is 0 Å². The summed E-state index contributed by atoms with van der Waals surface area (Å²) in [6.07, 6.45) is 6.51. The van der Waals surface area contributed by atoms with Gasteiger partial charge in [-0.05, 0) is 61.6 Å². The number of nitrogens with one attached hydrogen (secondary N) is 1. The summed E-state index contributed by atoms with van der Waals surface area (Å²) in [5.74, 6) is 1.82. The molecule has 21 heavy (non-hydrogen) atoms. The fourth-order valence-electron chi connectivity index (χ4n) is 2.60. The van der Waals surface area contributed by atoms with Gasteiger partial charge in [0.15, 0.2) is 5.82 Å². The number of nitrogens with zero attached hydrogens (tertiary/aromatic N) is 2. The van der Waals surface area contributed by atoms with Crippen LogP contribution in [0.3, 0.4) is 0 Å². The van der Waals surface area contributed by atoms with Crippen LogP contribution in [0, 0.1) is 3.57 Å². The van der Waals surface area contributed by atoms with Crippen LogP contribution in [0.15, 0.2) is 0 Å². The van der Waals surface area contributed by atoms with Gasteiger partial charge in [-0.1, -0.05) is 20.3 Å². The van der Waals surface area contributed by atoms with Gasteiger partial charge in [-0.25, -0.2) is 9.97 Å². The Hall–Kier alpha value is -0.430. The Labute approximate surface area is 141 Å². The van der Waals surface area contributed by atoms with Crippen molar-refractivity contribution in [3.05, 3.63) is 15.1 Å². The van der Waals surface area contributed by atoms with Gasteiger partial charge in [-0.3, -0.25) is 0 Å². The lowest BCUT2D eigenvalue weighted by molar-refractivity contribution is -0.0761. The van der Waals surface area contributed by atoms with Crippen LogP contribution in [-0.4, -0.2) is 23.1 Å². The molecular weight excluding hydrogens is 377 g/mol. The molecule has 1 fully saturated rings. The van der Waals surface area contributed by atoms with E-state index < -0.39 is 0 Å². The lowest BCUT2D eigenvalue weighted by Crippen LogP contribution is -2.33. The molecule has 1 aliphatic heterocycles. The highest BCUT2D eigenvalue weighted by Gasteiger charge is 2.34. The molecule has 1 N–H and O–H groups in total. The normalized spacial score (nSPS) is 22.3. The van der Waals surface area contributed by atoms with E-state index >= 15 is 0 Å². The van der Waals surface area contributed by atoms with E-state index in [-0.39, 0.29) is 5.60 Å². The molecule has 2 heterocycles. The molecule has 1 atom stereocenters. The zero-order valence-corrected chi connectivity index (χ0v) is 15.5. The summed E-state index contributed by atoms with van der Waals surface area (Å²) < 4.78 is 7.19. The number of aryl methyl sites for hydroxylation is 1. The third kappa shape index (κ3) is 4.06. The summed E-state index contributed by atoms with van der Waals surface area (Å²) in [4.78, 5) is 9.64. The molecular formula is C16H26IN3O. The number of rotatable bonds is 6. The van der Waals surface area contributed by atoms with Crippen LogP contribution in [0.4, 0.5) is 5.82 Å². The third-order valence-electron chi connectivity index (χ3n) is 3.89. The number of aromatic nitrogens is 2. The second-order valence-electron chi connectivity index (χ2n) is 5.87. The van der Waals surface area contributed by atoms with E-state index in [2.05, 4.69) is 48.7 Å². The Bertz CT molecular complexity index is 473. The first kappa shape index (κ1) is 16.9. The minimum Gasteiger partial charge on any atom is -0.369 e. The fraction of sp³-hybridized carbons (Fsp3) is 0.750. The van der Waals surface area contributed by atoms with E-state index in [1.54, 1.807) is 0 Å². The maximum atomic E-state index is 6.03. The van der Waals surface area contributed by atoms with Gasteiger partial charge < -0.3 is 10.1 Å². The SMILES string of the molecule is CCCNc1nc(C2(C)CCCCO2)nc(CCC)c1I. The molecule has 0 aliphatic carbocycles. The molecule has 4 nitrogen and oxygen atoms in total. The highest BCUT2D eigenvalue weighted by atomic mass is 127. The molecule has 0 amide bonds. The van der Waals surface area contributed by atoms with Crippen LogP contribution < -0.4 is 5.32 Å². The van der Waals surface area contributed by atoms with Crippen LogP contribution in [-0.2, 0) is 16.8 Å². The molecule has 0 aromatic carbocycles. The first-order valence-electron chi connectivity index (χ1n) is 8.05. The Kier molecular flexibility index (Phi) is 6.22. The summed E-state index contributed by atoms with van der Waals surface area (Å²) in [6.45, 7) is 8.24. The molecule has 1 aromatic heterocycles. The average molecular weight is 403 g/mol. The van der Waals surface area contributed by atoms with Crippen molar-refractivity contribution in [2.45, 2.75) is 64.9 Å². The van der Waals surface area contributed by atoms with Gasteiger partial charge in [0.25, 0.3) is 0 Å². The predicted octanol–water partition coefficient (Wildman–Crippen LogP) is 4.27. The van der Waals surface area contributed by atoms with E-state index in [0.717, 1.165) is 66.2 Å². The van der Waals surface area contributed by atoms with Crippen molar-refractivity contribution < 1.29 is 4.74 Å². The maximum Gasteiger partial charge on any atom is 0.162 e.